The van der Waals surface area contributed by atoms with E-state index in [1.165, 1.54) is 22.9 Å². The van der Waals surface area contributed by atoms with E-state index in [0.29, 0.717) is 11.9 Å². The topological polar surface area (TPSA) is 76.9 Å². The Morgan fingerprint density at radius 1 is 1.03 bits per heavy atom. The molecule has 0 unspecified atom stereocenters. The minimum absolute atomic E-state index is 0.243. The van der Waals surface area contributed by atoms with Crippen LogP contribution in [0.25, 0.3) is 16.7 Å². The fourth-order valence-electron chi connectivity index (χ4n) is 3.04. The Hall–Kier alpha value is -4.01. The number of amides is 1. The van der Waals surface area contributed by atoms with E-state index in [4.69, 9.17) is 0 Å². The standard InChI is InChI=1S/C21H13F3N4O2/c1-11-26-19-15(3-2-8-25-19)21(30)28(11)13-5-7-16(23)18(10-13)27-20(29)14-6-4-12(22)9-17(14)24/h2-10H,1H3,(H,27,29). The summed E-state index contributed by atoms with van der Waals surface area (Å²) >= 11 is 0. The van der Waals surface area contributed by atoms with Gasteiger partial charge in [-0.1, -0.05) is 0 Å². The van der Waals surface area contributed by atoms with Crippen molar-refractivity contribution in [1.29, 1.82) is 0 Å². The number of carbonyl (C=O) groups excluding carboxylic acids is 1. The molecule has 2 heterocycles. The summed E-state index contributed by atoms with van der Waals surface area (Å²) in [5, 5.41) is 2.52. The predicted molar refractivity (Wildman–Crippen MR) is 104 cm³/mol. The summed E-state index contributed by atoms with van der Waals surface area (Å²) < 4.78 is 42.4. The van der Waals surface area contributed by atoms with Gasteiger partial charge >= 0.3 is 0 Å². The maximum Gasteiger partial charge on any atom is 0.267 e. The van der Waals surface area contributed by atoms with Gasteiger partial charge in [0.25, 0.3) is 11.5 Å². The summed E-state index contributed by atoms with van der Waals surface area (Å²) in [5.74, 6) is -3.38. The van der Waals surface area contributed by atoms with Crippen LogP contribution in [0.4, 0.5) is 18.9 Å². The Morgan fingerprint density at radius 2 is 1.83 bits per heavy atom. The van der Waals surface area contributed by atoms with Gasteiger partial charge < -0.3 is 5.32 Å². The first-order chi connectivity index (χ1) is 14.3. The fourth-order valence-corrected chi connectivity index (χ4v) is 3.04. The summed E-state index contributed by atoms with van der Waals surface area (Å²) in [5.41, 5.74) is -0.628. The second-order valence-electron chi connectivity index (χ2n) is 6.42. The lowest BCUT2D eigenvalue weighted by atomic mass is 10.2. The van der Waals surface area contributed by atoms with Gasteiger partial charge in [-0.2, -0.15) is 0 Å². The van der Waals surface area contributed by atoms with Gasteiger partial charge in [0.1, 0.15) is 23.3 Å². The Balaban J connectivity index is 1.77. The fraction of sp³-hybridized carbons (Fsp3) is 0.0476. The number of anilines is 1. The molecule has 0 fully saturated rings. The maximum absolute atomic E-state index is 14.3. The molecular weight excluding hydrogens is 397 g/mol. The van der Waals surface area contributed by atoms with Crippen molar-refractivity contribution in [2.75, 3.05) is 5.32 Å². The highest BCUT2D eigenvalue weighted by Gasteiger charge is 2.17. The van der Waals surface area contributed by atoms with Gasteiger partial charge in [0.15, 0.2) is 5.65 Å². The molecule has 0 aliphatic heterocycles. The molecule has 1 N–H and O–H groups in total. The van der Waals surface area contributed by atoms with Crippen LogP contribution in [-0.2, 0) is 0 Å². The lowest BCUT2D eigenvalue weighted by molar-refractivity contribution is 0.102. The van der Waals surface area contributed by atoms with Gasteiger partial charge in [-0.3, -0.25) is 14.2 Å². The zero-order valence-electron chi connectivity index (χ0n) is 15.5. The van der Waals surface area contributed by atoms with Gasteiger partial charge in [0.05, 0.1) is 22.3 Å². The predicted octanol–water partition coefficient (Wildman–Crippen LogP) is 3.76. The molecule has 0 spiro atoms. The molecule has 2 aromatic heterocycles. The second-order valence-corrected chi connectivity index (χ2v) is 6.42. The van der Waals surface area contributed by atoms with Crippen molar-refractivity contribution in [2.45, 2.75) is 6.92 Å². The first-order valence-corrected chi connectivity index (χ1v) is 8.76. The number of carbonyl (C=O) groups is 1. The van der Waals surface area contributed by atoms with Crippen molar-refractivity contribution in [2.24, 2.45) is 0 Å². The maximum atomic E-state index is 14.3. The average Bonchev–Trinajstić information content (AvgIpc) is 2.70. The first kappa shape index (κ1) is 19.3. The molecule has 30 heavy (non-hydrogen) atoms. The zero-order chi connectivity index (χ0) is 21.4. The molecular formula is C21H13F3N4O2. The average molecular weight is 410 g/mol. The highest BCUT2D eigenvalue weighted by molar-refractivity contribution is 6.04. The van der Waals surface area contributed by atoms with Crippen LogP contribution >= 0.6 is 0 Å². The van der Waals surface area contributed by atoms with E-state index in [1.54, 1.807) is 19.1 Å². The van der Waals surface area contributed by atoms with Crippen molar-refractivity contribution in [3.63, 3.8) is 0 Å². The number of aryl methyl sites for hydroxylation is 1. The summed E-state index contributed by atoms with van der Waals surface area (Å²) in [6, 6.07) is 9.23. The van der Waals surface area contributed by atoms with Gasteiger partial charge in [0, 0.05) is 12.3 Å². The summed E-state index contributed by atoms with van der Waals surface area (Å²) in [4.78, 5) is 33.5. The SMILES string of the molecule is Cc1nc2ncccc2c(=O)n1-c1ccc(F)c(NC(=O)c2ccc(F)cc2F)c1. The molecule has 0 aliphatic carbocycles. The molecule has 4 rings (SSSR count). The van der Waals surface area contributed by atoms with Crippen LogP contribution in [0, 0.1) is 24.4 Å². The monoisotopic (exact) mass is 410 g/mol. The highest BCUT2D eigenvalue weighted by atomic mass is 19.1. The minimum atomic E-state index is -1.08. The van der Waals surface area contributed by atoms with Crippen LogP contribution in [0.15, 0.2) is 59.5 Å². The van der Waals surface area contributed by atoms with Crippen molar-refractivity contribution < 1.29 is 18.0 Å². The molecule has 6 nitrogen and oxygen atoms in total. The third-order valence-corrected chi connectivity index (χ3v) is 4.44. The number of hydrogen-bond acceptors (Lipinski definition) is 4. The van der Waals surface area contributed by atoms with Crippen LogP contribution in [-0.4, -0.2) is 20.4 Å². The van der Waals surface area contributed by atoms with E-state index < -0.39 is 34.5 Å². The zero-order valence-corrected chi connectivity index (χ0v) is 15.5. The first-order valence-electron chi connectivity index (χ1n) is 8.76. The Bertz CT molecular complexity index is 1370. The molecule has 150 valence electrons. The van der Waals surface area contributed by atoms with Crippen LogP contribution < -0.4 is 10.9 Å². The van der Waals surface area contributed by atoms with Crippen molar-refractivity contribution in [1.82, 2.24) is 14.5 Å². The molecule has 0 radical (unpaired) electrons. The van der Waals surface area contributed by atoms with Crippen molar-refractivity contribution in [3.05, 3.63) is 93.9 Å². The van der Waals surface area contributed by atoms with E-state index in [-0.39, 0.29) is 22.4 Å². The third-order valence-electron chi connectivity index (χ3n) is 4.44. The minimum Gasteiger partial charge on any atom is -0.319 e. The summed E-state index contributed by atoms with van der Waals surface area (Å²) in [6.07, 6.45) is 1.51. The lowest BCUT2D eigenvalue weighted by Crippen LogP contribution is -2.23. The molecule has 0 aliphatic rings. The van der Waals surface area contributed by atoms with E-state index >= 15 is 0 Å². The van der Waals surface area contributed by atoms with Gasteiger partial charge in [-0.05, 0) is 49.4 Å². The van der Waals surface area contributed by atoms with Gasteiger partial charge in [-0.25, -0.2) is 23.1 Å². The van der Waals surface area contributed by atoms with Crippen molar-refractivity contribution in [3.8, 4) is 5.69 Å². The number of hydrogen-bond donors (Lipinski definition) is 1. The Kier molecular flexibility index (Phi) is 4.78. The van der Waals surface area contributed by atoms with Gasteiger partial charge in [0.2, 0.25) is 0 Å². The molecule has 1 amide bonds. The Labute approximate surface area is 167 Å². The Morgan fingerprint density at radius 3 is 2.60 bits per heavy atom. The lowest BCUT2D eigenvalue weighted by Gasteiger charge is -2.13. The highest BCUT2D eigenvalue weighted by Crippen LogP contribution is 2.21. The van der Waals surface area contributed by atoms with E-state index in [0.717, 1.165) is 18.2 Å². The normalized spacial score (nSPS) is 10.9. The smallest absolute Gasteiger partial charge is 0.267 e. The number of benzene rings is 2. The number of nitrogens with zero attached hydrogens (tertiary/aromatic N) is 3. The van der Waals surface area contributed by atoms with E-state index in [1.807, 2.05) is 0 Å². The van der Waals surface area contributed by atoms with Crippen molar-refractivity contribution >= 4 is 22.6 Å². The number of aromatic nitrogens is 3. The molecule has 0 saturated heterocycles. The summed E-state index contributed by atoms with van der Waals surface area (Å²) in [6.45, 7) is 1.59. The van der Waals surface area contributed by atoms with Crippen LogP contribution in [0.5, 0.6) is 0 Å². The number of rotatable bonds is 3. The van der Waals surface area contributed by atoms with E-state index in [9.17, 15) is 22.8 Å². The number of nitrogens with one attached hydrogen (secondary N) is 1. The summed E-state index contributed by atoms with van der Waals surface area (Å²) in [7, 11) is 0. The molecule has 9 heteroatoms. The number of pyridine rings is 1. The second kappa shape index (κ2) is 7.43. The third kappa shape index (κ3) is 3.41. The molecule has 4 aromatic rings. The quantitative estimate of drug-likeness (QED) is 0.558. The molecule has 0 bridgehead atoms. The van der Waals surface area contributed by atoms with Crippen LogP contribution in [0.3, 0.4) is 0 Å². The molecule has 0 saturated carbocycles. The molecule has 0 atom stereocenters. The van der Waals surface area contributed by atoms with Crippen LogP contribution in [0.1, 0.15) is 16.2 Å². The largest absolute Gasteiger partial charge is 0.319 e. The number of halogens is 3. The van der Waals surface area contributed by atoms with E-state index in [2.05, 4.69) is 15.3 Å². The molecule has 2 aromatic carbocycles. The van der Waals surface area contributed by atoms with Gasteiger partial charge in [-0.15, -0.1) is 0 Å². The number of fused-ring (bicyclic) bond motifs is 1. The van der Waals surface area contributed by atoms with Crippen LogP contribution in [0.2, 0.25) is 0 Å².